The maximum Gasteiger partial charge on any atom is 0.393 e. The minimum absolute atomic E-state index is 0.215. The number of carbonyl (C=O) groups is 2. The van der Waals surface area contributed by atoms with Crippen molar-refractivity contribution in [2.75, 3.05) is 11.9 Å². The monoisotopic (exact) mass is 378 g/mol. The van der Waals surface area contributed by atoms with Gasteiger partial charge < -0.3 is 15.8 Å². The van der Waals surface area contributed by atoms with E-state index in [-0.39, 0.29) is 18.7 Å². The van der Waals surface area contributed by atoms with Crippen molar-refractivity contribution in [1.29, 1.82) is 0 Å². The first-order valence-corrected chi connectivity index (χ1v) is 8.05. The van der Waals surface area contributed by atoms with Crippen LogP contribution in [0.1, 0.15) is 26.3 Å². The van der Waals surface area contributed by atoms with Gasteiger partial charge in [-0.2, -0.15) is 13.2 Å². The lowest BCUT2D eigenvalue weighted by Crippen LogP contribution is -2.46. The highest BCUT2D eigenvalue weighted by Gasteiger charge is 2.42. The second kappa shape index (κ2) is 8.98. The summed E-state index contributed by atoms with van der Waals surface area (Å²) in [6.45, 7) is 4.29. The molecule has 0 saturated heterocycles. The van der Waals surface area contributed by atoms with Gasteiger partial charge in [0.25, 0.3) is 0 Å². The molecule has 1 amide bonds. The highest BCUT2D eigenvalue weighted by Crippen LogP contribution is 2.28. The summed E-state index contributed by atoms with van der Waals surface area (Å²) in [6.07, 6.45) is -4.43. The summed E-state index contributed by atoms with van der Waals surface area (Å²) in [5, 5.41) is 2.08. The predicted molar refractivity (Wildman–Crippen MR) is 87.7 cm³/mol. The molecule has 0 aliphatic rings. The van der Waals surface area contributed by atoms with E-state index in [0.29, 0.717) is 5.56 Å². The predicted octanol–water partition coefficient (Wildman–Crippen LogP) is 3.03. The van der Waals surface area contributed by atoms with Gasteiger partial charge in [0.2, 0.25) is 5.91 Å². The van der Waals surface area contributed by atoms with Gasteiger partial charge in [-0.25, -0.2) is 4.39 Å². The van der Waals surface area contributed by atoms with Crippen molar-refractivity contribution in [3.63, 3.8) is 0 Å². The number of alkyl halides is 3. The number of halogens is 4. The summed E-state index contributed by atoms with van der Waals surface area (Å²) in [4.78, 5) is 23.5. The molecule has 0 heterocycles. The Kier molecular flexibility index (Phi) is 7.55. The molecule has 3 N–H and O–H groups in total. The van der Waals surface area contributed by atoms with Crippen molar-refractivity contribution >= 4 is 17.6 Å². The molecular weight excluding hydrogens is 356 g/mol. The topological polar surface area (TPSA) is 81.4 Å². The summed E-state index contributed by atoms with van der Waals surface area (Å²) in [6, 6.07) is 1.85. The average molecular weight is 378 g/mol. The molecule has 0 aliphatic carbocycles. The minimum atomic E-state index is -4.65. The lowest BCUT2D eigenvalue weighted by molar-refractivity contribution is -0.176. The van der Waals surface area contributed by atoms with E-state index in [0.717, 1.165) is 13.0 Å². The van der Waals surface area contributed by atoms with Crippen LogP contribution < -0.4 is 11.1 Å². The molecule has 1 aromatic rings. The van der Waals surface area contributed by atoms with Gasteiger partial charge in [0.1, 0.15) is 5.82 Å². The molecule has 26 heavy (non-hydrogen) atoms. The van der Waals surface area contributed by atoms with Crippen LogP contribution in [0.25, 0.3) is 0 Å². The molecular formula is C17H22F4N2O3. The Morgan fingerprint density at radius 2 is 1.88 bits per heavy atom. The third-order valence-corrected chi connectivity index (χ3v) is 3.88. The third-order valence-electron chi connectivity index (χ3n) is 3.88. The van der Waals surface area contributed by atoms with Gasteiger partial charge >= 0.3 is 12.1 Å². The van der Waals surface area contributed by atoms with Crippen molar-refractivity contribution < 1.29 is 31.9 Å². The molecule has 0 bridgehead atoms. The fourth-order valence-electron chi connectivity index (χ4n) is 2.16. The Hall–Kier alpha value is -2.16. The minimum Gasteiger partial charge on any atom is -0.466 e. The summed E-state index contributed by atoms with van der Waals surface area (Å²) >= 11 is 0. The number of ether oxygens (including phenoxy) is 1. The van der Waals surface area contributed by atoms with Gasteiger partial charge in [-0.3, -0.25) is 9.59 Å². The fourth-order valence-corrected chi connectivity index (χ4v) is 2.16. The molecule has 0 aromatic heterocycles. The highest BCUT2D eigenvalue weighted by molar-refractivity contribution is 5.95. The van der Waals surface area contributed by atoms with Crippen LogP contribution >= 0.6 is 0 Å². The first-order valence-electron chi connectivity index (χ1n) is 8.05. The van der Waals surface area contributed by atoms with E-state index in [9.17, 15) is 27.2 Å². The smallest absolute Gasteiger partial charge is 0.393 e. The summed E-state index contributed by atoms with van der Waals surface area (Å²) in [5.74, 6) is -4.99. The molecule has 3 unspecified atom stereocenters. The number of rotatable bonds is 7. The van der Waals surface area contributed by atoms with Gasteiger partial charge in [0.15, 0.2) is 0 Å². The van der Waals surface area contributed by atoms with Gasteiger partial charge in [0, 0.05) is 0 Å². The first-order chi connectivity index (χ1) is 12.0. The number of amides is 1. The van der Waals surface area contributed by atoms with Gasteiger partial charge in [0.05, 0.1) is 30.2 Å². The Bertz CT molecular complexity index is 649. The fraction of sp³-hybridized carbons (Fsp3) is 0.529. The Morgan fingerprint density at radius 1 is 1.27 bits per heavy atom. The number of benzene rings is 1. The Balaban J connectivity index is 2.87. The van der Waals surface area contributed by atoms with Gasteiger partial charge in [-0.1, -0.05) is 19.9 Å². The molecule has 1 aromatic carbocycles. The first kappa shape index (κ1) is 21.9. The quantitative estimate of drug-likeness (QED) is 0.565. The SMILES string of the molecule is CCOC(=O)C(C)Cc1ccc(F)c(NC(=O)C(N)C(C)C(F)(F)F)c1. The molecule has 9 heteroatoms. The maximum absolute atomic E-state index is 13.9. The lowest BCUT2D eigenvalue weighted by Gasteiger charge is -2.22. The second-order valence-electron chi connectivity index (χ2n) is 6.02. The number of carbonyl (C=O) groups excluding carboxylic acids is 2. The van der Waals surface area contributed by atoms with Crippen molar-refractivity contribution in [2.24, 2.45) is 17.6 Å². The Labute approximate surface area is 148 Å². The third kappa shape index (κ3) is 5.98. The zero-order chi connectivity index (χ0) is 20.1. The molecule has 1 rings (SSSR count). The van der Waals surface area contributed by atoms with Crippen LogP contribution in [-0.2, 0) is 20.7 Å². The van der Waals surface area contributed by atoms with Crippen LogP contribution in [-0.4, -0.2) is 30.7 Å². The molecule has 146 valence electrons. The van der Waals surface area contributed by atoms with Crippen LogP contribution in [0.3, 0.4) is 0 Å². The lowest BCUT2D eigenvalue weighted by atomic mass is 9.99. The van der Waals surface area contributed by atoms with E-state index in [1.54, 1.807) is 13.8 Å². The maximum atomic E-state index is 13.9. The zero-order valence-electron chi connectivity index (χ0n) is 14.7. The number of esters is 1. The van der Waals surface area contributed by atoms with E-state index in [4.69, 9.17) is 10.5 Å². The average Bonchev–Trinajstić information content (AvgIpc) is 2.55. The molecule has 0 spiro atoms. The summed E-state index contributed by atoms with van der Waals surface area (Å²) in [7, 11) is 0. The van der Waals surface area contributed by atoms with E-state index in [1.807, 2.05) is 0 Å². The normalized spacial score (nSPS) is 15.1. The van der Waals surface area contributed by atoms with E-state index >= 15 is 0 Å². The largest absolute Gasteiger partial charge is 0.466 e. The summed E-state index contributed by atoms with van der Waals surface area (Å²) in [5.41, 5.74) is 5.54. The van der Waals surface area contributed by atoms with Gasteiger partial charge in [-0.15, -0.1) is 0 Å². The number of nitrogens with two attached hydrogens (primary N) is 1. The van der Waals surface area contributed by atoms with Gasteiger partial charge in [-0.05, 0) is 31.0 Å². The standard InChI is InChI=1S/C17H22F4N2O3/c1-4-26-16(25)9(2)7-11-5-6-12(18)13(8-11)23-15(24)14(22)10(3)17(19,20)21/h5-6,8-10,14H,4,7,22H2,1-3H3,(H,23,24). The summed E-state index contributed by atoms with van der Waals surface area (Å²) < 4.78 is 56.7. The Morgan fingerprint density at radius 3 is 2.42 bits per heavy atom. The van der Waals surface area contributed by atoms with Crippen LogP contribution in [0.4, 0.5) is 23.2 Å². The van der Waals surface area contributed by atoms with E-state index < -0.39 is 41.7 Å². The molecule has 0 fully saturated rings. The second-order valence-corrected chi connectivity index (χ2v) is 6.02. The number of anilines is 1. The van der Waals surface area contributed by atoms with Crippen LogP contribution in [0.15, 0.2) is 18.2 Å². The number of nitrogens with one attached hydrogen (secondary N) is 1. The number of hydrogen-bond donors (Lipinski definition) is 2. The number of hydrogen-bond acceptors (Lipinski definition) is 4. The van der Waals surface area contributed by atoms with Crippen LogP contribution in [0, 0.1) is 17.7 Å². The van der Waals surface area contributed by atoms with E-state index in [1.165, 1.54) is 12.1 Å². The molecule has 3 atom stereocenters. The van der Waals surface area contributed by atoms with Crippen molar-refractivity contribution in [1.82, 2.24) is 0 Å². The van der Waals surface area contributed by atoms with Crippen molar-refractivity contribution in [3.8, 4) is 0 Å². The van der Waals surface area contributed by atoms with E-state index in [2.05, 4.69) is 5.32 Å². The van der Waals surface area contributed by atoms with Crippen molar-refractivity contribution in [3.05, 3.63) is 29.6 Å². The molecule has 5 nitrogen and oxygen atoms in total. The van der Waals surface area contributed by atoms with Crippen LogP contribution in [0.2, 0.25) is 0 Å². The molecule has 0 saturated carbocycles. The van der Waals surface area contributed by atoms with Crippen LogP contribution in [0.5, 0.6) is 0 Å². The zero-order valence-corrected chi connectivity index (χ0v) is 14.7. The highest BCUT2D eigenvalue weighted by atomic mass is 19.4. The molecule has 0 aliphatic heterocycles. The molecule has 0 radical (unpaired) electrons. The van der Waals surface area contributed by atoms with Crippen molar-refractivity contribution in [2.45, 2.75) is 39.4 Å².